The topological polar surface area (TPSA) is 64.4 Å². The van der Waals surface area contributed by atoms with E-state index in [-0.39, 0.29) is 12.3 Å². The Balaban J connectivity index is 2.05. The van der Waals surface area contributed by atoms with Gasteiger partial charge in [-0.15, -0.1) is 0 Å². The average Bonchev–Trinajstić information content (AvgIpc) is 2.88. The van der Waals surface area contributed by atoms with Gasteiger partial charge in [-0.3, -0.25) is 4.79 Å². The third kappa shape index (κ3) is 4.18. The number of hydrogen-bond donors (Lipinski definition) is 1. The molecule has 0 unspecified atom stereocenters. The van der Waals surface area contributed by atoms with Crippen molar-refractivity contribution in [3.63, 3.8) is 0 Å². The summed E-state index contributed by atoms with van der Waals surface area (Å²) >= 11 is 0. The lowest BCUT2D eigenvalue weighted by Gasteiger charge is -2.02. The van der Waals surface area contributed by atoms with E-state index in [1.54, 1.807) is 7.11 Å². The van der Waals surface area contributed by atoms with Gasteiger partial charge in [0.2, 0.25) is 11.8 Å². The average molecular weight is 302 g/mol. The maximum atomic E-state index is 11.8. The van der Waals surface area contributed by atoms with Crippen molar-refractivity contribution in [2.75, 3.05) is 20.3 Å². The molecule has 22 heavy (non-hydrogen) atoms. The summed E-state index contributed by atoms with van der Waals surface area (Å²) in [5.41, 5.74) is 2.86. The maximum Gasteiger partial charge on any atom is 0.226 e. The van der Waals surface area contributed by atoms with E-state index >= 15 is 0 Å². The number of rotatable bonds is 7. The highest BCUT2D eigenvalue weighted by molar-refractivity contribution is 5.78. The first kappa shape index (κ1) is 16.2. The molecule has 0 saturated carbocycles. The Morgan fingerprint density at radius 3 is 2.68 bits per heavy atom. The Labute approximate surface area is 130 Å². The van der Waals surface area contributed by atoms with Gasteiger partial charge < -0.3 is 14.5 Å². The summed E-state index contributed by atoms with van der Waals surface area (Å²) in [6, 6.07) is 8.11. The van der Waals surface area contributed by atoms with Gasteiger partial charge in [-0.25, -0.2) is 4.98 Å². The lowest BCUT2D eigenvalue weighted by Crippen LogP contribution is -2.28. The normalized spacial score (nSPS) is 10.7. The fourth-order valence-electron chi connectivity index (χ4n) is 2.11. The molecule has 5 heteroatoms. The van der Waals surface area contributed by atoms with E-state index in [0.717, 1.165) is 12.0 Å². The van der Waals surface area contributed by atoms with Crippen molar-refractivity contribution in [2.45, 2.75) is 26.7 Å². The highest BCUT2D eigenvalue weighted by Crippen LogP contribution is 2.22. The summed E-state index contributed by atoms with van der Waals surface area (Å²) in [6.45, 7) is 4.94. The highest BCUT2D eigenvalue weighted by atomic mass is 16.5. The second kappa shape index (κ2) is 7.75. The van der Waals surface area contributed by atoms with Gasteiger partial charge in [0, 0.05) is 19.2 Å². The molecule has 0 atom stereocenters. The minimum atomic E-state index is -0.0821. The van der Waals surface area contributed by atoms with Gasteiger partial charge in [0.15, 0.2) is 0 Å². The number of carbonyl (C=O) groups excluding carboxylic acids is 1. The van der Waals surface area contributed by atoms with Crippen molar-refractivity contribution in [3.05, 3.63) is 41.3 Å². The summed E-state index contributed by atoms with van der Waals surface area (Å²) < 4.78 is 10.6. The lowest BCUT2D eigenvalue weighted by atomic mass is 10.1. The summed E-state index contributed by atoms with van der Waals surface area (Å²) in [5, 5.41) is 2.78. The van der Waals surface area contributed by atoms with Crippen LogP contribution in [0.15, 0.2) is 28.7 Å². The van der Waals surface area contributed by atoms with Crippen LogP contribution in [0.4, 0.5) is 0 Å². The first-order valence-corrected chi connectivity index (χ1v) is 7.45. The van der Waals surface area contributed by atoms with Gasteiger partial charge >= 0.3 is 0 Å². The smallest absolute Gasteiger partial charge is 0.226 e. The molecular formula is C17H22N2O3. The summed E-state index contributed by atoms with van der Waals surface area (Å²) in [6.07, 6.45) is 1.21. The SMILES string of the molecule is CCc1ccc(-c2nc(CC(=O)NCCOC)c(C)o2)cc1. The first-order chi connectivity index (χ1) is 10.6. The predicted octanol–water partition coefficient (Wildman–Crippen LogP) is 2.52. The number of oxazole rings is 1. The molecule has 1 aromatic carbocycles. The van der Waals surface area contributed by atoms with E-state index in [1.165, 1.54) is 5.56 Å². The van der Waals surface area contributed by atoms with Crippen LogP contribution < -0.4 is 5.32 Å². The van der Waals surface area contributed by atoms with E-state index in [0.29, 0.717) is 30.5 Å². The lowest BCUT2D eigenvalue weighted by molar-refractivity contribution is -0.120. The van der Waals surface area contributed by atoms with Gasteiger partial charge in [0.05, 0.1) is 18.7 Å². The van der Waals surface area contributed by atoms with Crippen LogP contribution in [0.1, 0.15) is 23.9 Å². The van der Waals surface area contributed by atoms with Crippen LogP contribution in [0, 0.1) is 6.92 Å². The zero-order valence-electron chi connectivity index (χ0n) is 13.3. The molecule has 1 N–H and O–H groups in total. The predicted molar refractivity (Wildman–Crippen MR) is 84.6 cm³/mol. The Morgan fingerprint density at radius 1 is 1.32 bits per heavy atom. The molecule has 1 heterocycles. The standard InChI is InChI=1S/C17H22N2O3/c1-4-13-5-7-14(8-6-13)17-19-15(12(2)22-17)11-16(20)18-9-10-21-3/h5-8H,4,9-11H2,1-3H3,(H,18,20). The van der Waals surface area contributed by atoms with E-state index in [2.05, 4.69) is 29.4 Å². The summed E-state index contributed by atoms with van der Waals surface area (Å²) in [4.78, 5) is 16.3. The van der Waals surface area contributed by atoms with E-state index in [9.17, 15) is 4.79 Å². The number of amides is 1. The molecule has 1 aromatic heterocycles. The van der Waals surface area contributed by atoms with E-state index in [1.807, 2.05) is 19.1 Å². The number of ether oxygens (including phenoxy) is 1. The van der Waals surface area contributed by atoms with Crippen LogP contribution in [0.2, 0.25) is 0 Å². The van der Waals surface area contributed by atoms with Gasteiger partial charge in [-0.1, -0.05) is 19.1 Å². The molecule has 2 rings (SSSR count). The largest absolute Gasteiger partial charge is 0.441 e. The Morgan fingerprint density at radius 2 is 2.05 bits per heavy atom. The van der Waals surface area contributed by atoms with Crippen LogP contribution in [-0.2, 0) is 22.4 Å². The minimum Gasteiger partial charge on any atom is -0.441 e. The van der Waals surface area contributed by atoms with Crippen molar-refractivity contribution < 1.29 is 13.9 Å². The molecule has 5 nitrogen and oxygen atoms in total. The van der Waals surface area contributed by atoms with Crippen molar-refractivity contribution in [1.29, 1.82) is 0 Å². The maximum absolute atomic E-state index is 11.8. The summed E-state index contributed by atoms with van der Waals surface area (Å²) in [5.74, 6) is 1.15. The Bertz CT molecular complexity index is 617. The number of aryl methyl sites for hydroxylation is 2. The van der Waals surface area contributed by atoms with Gasteiger partial charge in [0.25, 0.3) is 0 Å². The highest BCUT2D eigenvalue weighted by Gasteiger charge is 2.14. The van der Waals surface area contributed by atoms with Crippen molar-refractivity contribution in [1.82, 2.24) is 10.3 Å². The molecule has 0 spiro atoms. The molecule has 0 aliphatic carbocycles. The number of hydrogen-bond acceptors (Lipinski definition) is 4. The molecule has 118 valence electrons. The van der Waals surface area contributed by atoms with Crippen LogP contribution in [-0.4, -0.2) is 31.2 Å². The molecule has 0 aliphatic heterocycles. The van der Waals surface area contributed by atoms with E-state index < -0.39 is 0 Å². The van der Waals surface area contributed by atoms with Crippen molar-refractivity contribution >= 4 is 5.91 Å². The first-order valence-electron chi connectivity index (χ1n) is 7.45. The van der Waals surface area contributed by atoms with Crippen LogP contribution >= 0.6 is 0 Å². The molecule has 1 amide bonds. The quantitative estimate of drug-likeness (QED) is 0.798. The van der Waals surface area contributed by atoms with Crippen LogP contribution in [0.25, 0.3) is 11.5 Å². The Kier molecular flexibility index (Phi) is 5.72. The molecule has 0 saturated heterocycles. The monoisotopic (exact) mass is 302 g/mol. The van der Waals surface area contributed by atoms with Crippen LogP contribution in [0.5, 0.6) is 0 Å². The number of nitrogens with zero attached hydrogens (tertiary/aromatic N) is 1. The second-order valence-corrected chi connectivity index (χ2v) is 5.09. The number of carbonyl (C=O) groups is 1. The van der Waals surface area contributed by atoms with Gasteiger partial charge in [0.1, 0.15) is 5.76 Å². The minimum absolute atomic E-state index is 0.0821. The Hall–Kier alpha value is -2.14. The number of benzene rings is 1. The number of aromatic nitrogens is 1. The molecule has 2 aromatic rings. The molecule has 0 aliphatic rings. The molecule has 0 fully saturated rings. The zero-order valence-corrected chi connectivity index (χ0v) is 13.3. The van der Waals surface area contributed by atoms with Gasteiger partial charge in [-0.05, 0) is 31.0 Å². The third-order valence-electron chi connectivity index (χ3n) is 3.46. The molecular weight excluding hydrogens is 280 g/mol. The van der Waals surface area contributed by atoms with E-state index in [4.69, 9.17) is 9.15 Å². The zero-order chi connectivity index (χ0) is 15.9. The van der Waals surface area contributed by atoms with Crippen LogP contribution in [0.3, 0.4) is 0 Å². The molecule has 0 bridgehead atoms. The summed E-state index contributed by atoms with van der Waals surface area (Å²) in [7, 11) is 1.60. The third-order valence-corrected chi connectivity index (χ3v) is 3.46. The second-order valence-electron chi connectivity index (χ2n) is 5.09. The molecule has 0 radical (unpaired) electrons. The number of nitrogens with one attached hydrogen (secondary N) is 1. The van der Waals surface area contributed by atoms with Gasteiger partial charge in [-0.2, -0.15) is 0 Å². The van der Waals surface area contributed by atoms with Crippen molar-refractivity contribution in [2.24, 2.45) is 0 Å². The fourth-order valence-corrected chi connectivity index (χ4v) is 2.11. The fraction of sp³-hybridized carbons (Fsp3) is 0.412. The number of methoxy groups -OCH3 is 1. The van der Waals surface area contributed by atoms with Crippen molar-refractivity contribution in [3.8, 4) is 11.5 Å².